The Bertz CT molecular complexity index is 240. The van der Waals surface area contributed by atoms with E-state index in [4.69, 9.17) is 4.74 Å². The largest absolute Gasteiger partial charge is 0.465 e. The summed E-state index contributed by atoms with van der Waals surface area (Å²) in [4.78, 5) is 25.2. The minimum atomic E-state index is -0.551. The first kappa shape index (κ1) is 12.2. The molecule has 4 heteroatoms. The van der Waals surface area contributed by atoms with Gasteiger partial charge in [0.25, 0.3) is 0 Å². The first-order valence-corrected chi connectivity index (χ1v) is 5.60. The van der Waals surface area contributed by atoms with Gasteiger partial charge in [0.05, 0.1) is 6.61 Å². The normalized spacial score (nSPS) is 22.8. The lowest BCUT2D eigenvalue weighted by molar-refractivity contribution is -0.153. The fraction of sp³-hybridized carbons (Fsp3) is 0.818. The van der Waals surface area contributed by atoms with Gasteiger partial charge in [0, 0.05) is 19.5 Å². The van der Waals surface area contributed by atoms with Crippen LogP contribution in [0, 0.1) is 5.92 Å². The topological polar surface area (TPSA) is 46.6 Å². The van der Waals surface area contributed by atoms with Crippen LogP contribution in [-0.4, -0.2) is 42.9 Å². The lowest BCUT2D eigenvalue weighted by Crippen LogP contribution is -2.45. The highest BCUT2D eigenvalue weighted by Crippen LogP contribution is 2.14. The van der Waals surface area contributed by atoms with Gasteiger partial charge in [-0.15, -0.1) is 0 Å². The zero-order valence-electron chi connectivity index (χ0n) is 9.49. The molecule has 1 aliphatic heterocycles. The van der Waals surface area contributed by atoms with Gasteiger partial charge in [-0.25, -0.2) is 0 Å². The third kappa shape index (κ3) is 3.30. The molecule has 1 aliphatic rings. The summed E-state index contributed by atoms with van der Waals surface area (Å²) in [5.41, 5.74) is 0. The second kappa shape index (κ2) is 5.85. The maximum atomic E-state index is 11.5. The van der Waals surface area contributed by atoms with Crippen LogP contribution in [0.1, 0.15) is 26.7 Å². The molecule has 0 N–H and O–H groups in total. The van der Waals surface area contributed by atoms with Gasteiger partial charge in [0.2, 0.25) is 0 Å². The maximum absolute atomic E-state index is 11.5. The Balaban J connectivity index is 2.53. The van der Waals surface area contributed by atoms with Crippen LogP contribution < -0.4 is 0 Å². The fourth-order valence-electron chi connectivity index (χ4n) is 1.86. The first-order valence-electron chi connectivity index (χ1n) is 5.60. The van der Waals surface area contributed by atoms with Crippen molar-refractivity contribution in [1.82, 2.24) is 4.90 Å². The smallest absolute Gasteiger partial charge is 0.317 e. The Morgan fingerprint density at radius 2 is 2.27 bits per heavy atom. The molecule has 1 heterocycles. The van der Waals surface area contributed by atoms with Gasteiger partial charge in [0.1, 0.15) is 11.7 Å². The number of ether oxygens (including phenoxy) is 1. The number of hydrogen-bond acceptors (Lipinski definition) is 4. The van der Waals surface area contributed by atoms with E-state index in [1.807, 2.05) is 0 Å². The number of rotatable bonds is 4. The van der Waals surface area contributed by atoms with Gasteiger partial charge in [-0.1, -0.05) is 6.92 Å². The van der Waals surface area contributed by atoms with E-state index >= 15 is 0 Å². The highest BCUT2D eigenvalue weighted by Gasteiger charge is 2.33. The quantitative estimate of drug-likeness (QED) is 0.513. The second-order valence-electron chi connectivity index (χ2n) is 3.82. The number of Topliss-reactive ketones (excluding diaryl/α,β-unsaturated/α-hetero) is 1. The average molecular weight is 213 g/mol. The van der Waals surface area contributed by atoms with E-state index in [0.29, 0.717) is 19.6 Å². The molecule has 0 radical (unpaired) electrons. The van der Waals surface area contributed by atoms with Crippen LogP contribution in [0.3, 0.4) is 0 Å². The highest BCUT2D eigenvalue weighted by molar-refractivity contribution is 5.99. The second-order valence-corrected chi connectivity index (χ2v) is 3.82. The predicted octanol–water partition coefficient (Wildman–Crippen LogP) is 0.851. The number of piperidine rings is 1. The monoisotopic (exact) mass is 213 g/mol. The molecule has 1 rings (SSSR count). The Labute approximate surface area is 90.6 Å². The molecule has 1 saturated heterocycles. The van der Waals surface area contributed by atoms with Crippen molar-refractivity contribution in [3.63, 3.8) is 0 Å². The summed E-state index contributed by atoms with van der Waals surface area (Å²) in [6, 6.07) is 0. The summed E-state index contributed by atoms with van der Waals surface area (Å²) in [5, 5.41) is 0. The maximum Gasteiger partial charge on any atom is 0.317 e. The molecule has 0 saturated carbocycles. The van der Waals surface area contributed by atoms with Crippen LogP contribution in [0.4, 0.5) is 0 Å². The summed E-state index contributed by atoms with van der Waals surface area (Å²) in [6.45, 7) is 6.46. The van der Waals surface area contributed by atoms with Crippen LogP contribution >= 0.6 is 0 Å². The number of likely N-dealkylation sites (tertiary alicyclic amines) is 1. The number of hydrogen-bond donors (Lipinski definition) is 0. The van der Waals surface area contributed by atoms with E-state index in [1.54, 1.807) is 6.92 Å². The summed E-state index contributed by atoms with van der Waals surface area (Å²) in [7, 11) is 0. The van der Waals surface area contributed by atoms with Gasteiger partial charge in [-0.3, -0.25) is 9.59 Å². The number of esters is 1. The number of nitrogens with zero attached hydrogens (tertiary/aromatic N) is 1. The Morgan fingerprint density at radius 1 is 1.53 bits per heavy atom. The van der Waals surface area contributed by atoms with E-state index < -0.39 is 5.92 Å². The van der Waals surface area contributed by atoms with Crippen molar-refractivity contribution in [1.29, 1.82) is 0 Å². The minimum absolute atomic E-state index is 0.0285. The van der Waals surface area contributed by atoms with E-state index in [2.05, 4.69) is 11.8 Å². The molecular formula is C11H19NO3. The molecule has 86 valence electrons. The molecule has 15 heavy (non-hydrogen) atoms. The summed E-state index contributed by atoms with van der Waals surface area (Å²) >= 11 is 0. The molecule has 0 aromatic rings. The van der Waals surface area contributed by atoms with Gasteiger partial charge in [-0.05, 0) is 19.9 Å². The molecule has 0 unspecified atom stereocenters. The standard InChI is InChI=1S/C11H19NO3/c1-3-6-12-7-5-10(13)9(8-12)11(14)15-4-2/h9H,3-8H2,1-2H3/t9-/m1/s1. The van der Waals surface area contributed by atoms with Crippen LogP contribution in [-0.2, 0) is 14.3 Å². The first-order chi connectivity index (χ1) is 7.19. The van der Waals surface area contributed by atoms with Crippen molar-refractivity contribution in [2.45, 2.75) is 26.7 Å². The SMILES string of the molecule is CCCN1CCC(=O)[C@H](C(=O)OCC)C1. The molecular weight excluding hydrogens is 194 g/mol. The van der Waals surface area contributed by atoms with Crippen molar-refractivity contribution in [3.8, 4) is 0 Å². The van der Waals surface area contributed by atoms with Gasteiger partial charge in [-0.2, -0.15) is 0 Å². The zero-order valence-corrected chi connectivity index (χ0v) is 9.49. The van der Waals surface area contributed by atoms with Crippen LogP contribution in [0.25, 0.3) is 0 Å². The Morgan fingerprint density at radius 3 is 2.87 bits per heavy atom. The lowest BCUT2D eigenvalue weighted by atomic mass is 9.96. The molecule has 0 spiro atoms. The molecule has 0 aromatic carbocycles. The Kier molecular flexibility index (Phi) is 4.75. The van der Waals surface area contributed by atoms with Crippen molar-refractivity contribution < 1.29 is 14.3 Å². The third-order valence-corrected chi connectivity index (χ3v) is 2.61. The summed E-state index contributed by atoms with van der Waals surface area (Å²) in [5.74, 6) is -0.880. The third-order valence-electron chi connectivity index (χ3n) is 2.61. The van der Waals surface area contributed by atoms with Gasteiger partial charge in [0.15, 0.2) is 0 Å². The summed E-state index contributed by atoms with van der Waals surface area (Å²) < 4.78 is 4.89. The van der Waals surface area contributed by atoms with E-state index in [1.165, 1.54) is 0 Å². The molecule has 0 amide bonds. The fourth-order valence-corrected chi connectivity index (χ4v) is 1.86. The van der Waals surface area contributed by atoms with Crippen LogP contribution in [0.5, 0.6) is 0 Å². The van der Waals surface area contributed by atoms with Gasteiger partial charge >= 0.3 is 5.97 Å². The van der Waals surface area contributed by atoms with Crippen molar-refractivity contribution >= 4 is 11.8 Å². The van der Waals surface area contributed by atoms with E-state index in [-0.39, 0.29) is 11.8 Å². The average Bonchev–Trinajstić information content (AvgIpc) is 2.21. The van der Waals surface area contributed by atoms with Gasteiger partial charge < -0.3 is 9.64 Å². The molecule has 0 aliphatic carbocycles. The number of ketones is 1. The Hall–Kier alpha value is -0.900. The number of carbonyl (C=O) groups excluding carboxylic acids is 2. The molecule has 1 fully saturated rings. The van der Waals surface area contributed by atoms with E-state index in [9.17, 15) is 9.59 Å². The zero-order chi connectivity index (χ0) is 11.3. The van der Waals surface area contributed by atoms with E-state index in [0.717, 1.165) is 19.5 Å². The van der Waals surface area contributed by atoms with Crippen molar-refractivity contribution in [2.75, 3.05) is 26.2 Å². The van der Waals surface area contributed by atoms with Crippen molar-refractivity contribution in [2.24, 2.45) is 5.92 Å². The summed E-state index contributed by atoms with van der Waals surface area (Å²) in [6.07, 6.45) is 1.52. The van der Waals surface area contributed by atoms with Crippen LogP contribution in [0.15, 0.2) is 0 Å². The highest BCUT2D eigenvalue weighted by atomic mass is 16.5. The lowest BCUT2D eigenvalue weighted by Gasteiger charge is -2.30. The molecule has 0 bridgehead atoms. The van der Waals surface area contributed by atoms with Crippen molar-refractivity contribution in [3.05, 3.63) is 0 Å². The predicted molar refractivity (Wildman–Crippen MR) is 56.5 cm³/mol. The molecule has 0 aromatic heterocycles. The molecule has 1 atom stereocenters. The number of carbonyl (C=O) groups is 2. The van der Waals surface area contributed by atoms with Crippen LogP contribution in [0.2, 0.25) is 0 Å². The molecule has 4 nitrogen and oxygen atoms in total. The minimum Gasteiger partial charge on any atom is -0.465 e.